The van der Waals surface area contributed by atoms with Gasteiger partial charge in [0.25, 0.3) is 0 Å². The van der Waals surface area contributed by atoms with Gasteiger partial charge in [-0.2, -0.15) is 23.7 Å². The van der Waals surface area contributed by atoms with Gasteiger partial charge in [0.2, 0.25) is 5.91 Å². The van der Waals surface area contributed by atoms with Crippen LogP contribution in [0.5, 0.6) is 0 Å². The second-order valence-electron chi connectivity index (χ2n) is 4.61. The van der Waals surface area contributed by atoms with Gasteiger partial charge in [-0.1, -0.05) is 12.1 Å². The van der Waals surface area contributed by atoms with E-state index in [1.54, 1.807) is 0 Å². The van der Waals surface area contributed by atoms with Crippen molar-refractivity contribution in [1.29, 1.82) is 10.5 Å². The van der Waals surface area contributed by atoms with Gasteiger partial charge in [-0.25, -0.2) is 0 Å². The molecule has 0 aliphatic carbocycles. The summed E-state index contributed by atoms with van der Waals surface area (Å²) in [5, 5.41) is 17.6. The molecule has 114 valence electrons. The number of halogens is 3. The van der Waals surface area contributed by atoms with Gasteiger partial charge in [0.15, 0.2) is 0 Å². The quantitative estimate of drug-likeness (QED) is 0.922. The fourth-order valence-corrected chi connectivity index (χ4v) is 2.11. The molecule has 1 amide bonds. The van der Waals surface area contributed by atoms with E-state index in [1.165, 1.54) is 30.3 Å². The smallest absolute Gasteiger partial charge is 0.366 e. The Morgan fingerprint density at radius 2 is 1.74 bits per heavy atom. The number of amides is 1. The number of nitriles is 2. The third-order valence-electron chi connectivity index (χ3n) is 3.17. The molecule has 0 aliphatic heterocycles. The third-order valence-corrected chi connectivity index (χ3v) is 3.17. The molecule has 2 N–H and O–H groups in total. The topological polar surface area (TPSA) is 90.7 Å². The predicted molar refractivity (Wildman–Crippen MR) is 74.8 cm³/mol. The molecule has 0 heterocycles. The number of carbonyl (C=O) groups is 1. The van der Waals surface area contributed by atoms with Gasteiger partial charge < -0.3 is 5.73 Å². The largest absolute Gasteiger partial charge is 0.417 e. The number of benzene rings is 2. The van der Waals surface area contributed by atoms with Crippen LogP contribution in [-0.4, -0.2) is 5.91 Å². The molecule has 23 heavy (non-hydrogen) atoms. The van der Waals surface area contributed by atoms with Gasteiger partial charge >= 0.3 is 6.18 Å². The van der Waals surface area contributed by atoms with Crippen LogP contribution < -0.4 is 5.73 Å². The van der Waals surface area contributed by atoms with Crippen molar-refractivity contribution in [3.05, 3.63) is 58.7 Å². The molecule has 2 rings (SSSR count). The van der Waals surface area contributed by atoms with Crippen molar-refractivity contribution in [2.75, 3.05) is 0 Å². The lowest BCUT2D eigenvalue weighted by molar-refractivity contribution is -0.137. The summed E-state index contributed by atoms with van der Waals surface area (Å²) in [5.74, 6) is -0.866. The van der Waals surface area contributed by atoms with Crippen molar-refractivity contribution in [3.8, 4) is 23.3 Å². The SMILES string of the molecule is N#Cc1ccc(-c2ccc(C#N)c(C(F)(F)F)c2)c(C(N)=O)c1. The zero-order valence-corrected chi connectivity index (χ0v) is 11.5. The lowest BCUT2D eigenvalue weighted by Gasteiger charge is -2.12. The molecule has 0 saturated heterocycles. The highest BCUT2D eigenvalue weighted by molar-refractivity contribution is 6.00. The molecule has 4 nitrogen and oxygen atoms in total. The number of nitrogens with zero attached hydrogens (tertiary/aromatic N) is 2. The van der Waals surface area contributed by atoms with Crippen molar-refractivity contribution in [2.45, 2.75) is 6.18 Å². The van der Waals surface area contributed by atoms with Crippen molar-refractivity contribution in [1.82, 2.24) is 0 Å². The number of primary amides is 1. The number of carbonyl (C=O) groups excluding carboxylic acids is 1. The normalized spacial score (nSPS) is 10.7. The number of alkyl halides is 3. The predicted octanol–water partition coefficient (Wildman–Crippen LogP) is 3.21. The van der Waals surface area contributed by atoms with E-state index in [0.717, 1.165) is 12.1 Å². The van der Waals surface area contributed by atoms with Crippen molar-refractivity contribution >= 4 is 5.91 Å². The first-order chi connectivity index (χ1) is 10.8. The molecule has 2 aromatic carbocycles. The first-order valence-corrected chi connectivity index (χ1v) is 6.23. The monoisotopic (exact) mass is 315 g/mol. The average molecular weight is 315 g/mol. The number of hydrogen-bond donors (Lipinski definition) is 1. The fourth-order valence-electron chi connectivity index (χ4n) is 2.11. The van der Waals surface area contributed by atoms with Crippen LogP contribution in [0.15, 0.2) is 36.4 Å². The molecular weight excluding hydrogens is 307 g/mol. The van der Waals surface area contributed by atoms with E-state index < -0.39 is 23.2 Å². The van der Waals surface area contributed by atoms with Gasteiger partial charge in [-0.3, -0.25) is 4.79 Å². The Kier molecular flexibility index (Phi) is 4.06. The van der Waals surface area contributed by atoms with E-state index >= 15 is 0 Å². The van der Waals surface area contributed by atoms with Crippen LogP contribution in [0.25, 0.3) is 11.1 Å². The molecule has 0 saturated carbocycles. The Morgan fingerprint density at radius 1 is 1.04 bits per heavy atom. The molecule has 0 radical (unpaired) electrons. The van der Waals surface area contributed by atoms with Crippen LogP contribution in [0.3, 0.4) is 0 Å². The van der Waals surface area contributed by atoms with Crippen LogP contribution in [0, 0.1) is 22.7 Å². The molecule has 7 heteroatoms. The van der Waals surface area contributed by atoms with Gasteiger partial charge in [-0.15, -0.1) is 0 Å². The van der Waals surface area contributed by atoms with Crippen LogP contribution in [0.1, 0.15) is 27.0 Å². The fraction of sp³-hybridized carbons (Fsp3) is 0.0625. The lowest BCUT2D eigenvalue weighted by atomic mass is 9.94. The molecule has 0 aromatic heterocycles. The van der Waals surface area contributed by atoms with Crippen molar-refractivity contribution < 1.29 is 18.0 Å². The summed E-state index contributed by atoms with van der Waals surface area (Å²) in [5.41, 5.74) is 3.94. The minimum absolute atomic E-state index is 0.0677. The number of rotatable bonds is 2. The van der Waals surface area contributed by atoms with E-state index in [1.807, 2.05) is 6.07 Å². The van der Waals surface area contributed by atoms with Crippen LogP contribution >= 0.6 is 0 Å². The molecule has 2 aromatic rings. The Labute approximate surface area is 129 Å². The molecular formula is C16H8F3N3O. The molecule has 0 spiro atoms. The van der Waals surface area contributed by atoms with Crippen LogP contribution in [-0.2, 0) is 6.18 Å². The zero-order chi connectivity index (χ0) is 17.2. The number of nitrogens with two attached hydrogens (primary N) is 1. The highest BCUT2D eigenvalue weighted by atomic mass is 19.4. The highest BCUT2D eigenvalue weighted by Gasteiger charge is 2.34. The zero-order valence-electron chi connectivity index (χ0n) is 11.5. The van der Waals surface area contributed by atoms with E-state index in [9.17, 15) is 18.0 Å². The van der Waals surface area contributed by atoms with E-state index in [2.05, 4.69) is 0 Å². The van der Waals surface area contributed by atoms with E-state index in [4.69, 9.17) is 16.3 Å². The second kappa shape index (κ2) is 5.82. The van der Waals surface area contributed by atoms with Gasteiger partial charge in [0, 0.05) is 5.56 Å². The van der Waals surface area contributed by atoms with Crippen LogP contribution in [0.2, 0.25) is 0 Å². The first-order valence-electron chi connectivity index (χ1n) is 6.23. The molecule has 0 unspecified atom stereocenters. The second-order valence-corrected chi connectivity index (χ2v) is 4.61. The summed E-state index contributed by atoms with van der Waals surface area (Å²) < 4.78 is 39.1. The molecule has 0 aliphatic rings. The van der Waals surface area contributed by atoms with Crippen molar-refractivity contribution in [2.24, 2.45) is 5.73 Å². The highest BCUT2D eigenvalue weighted by Crippen LogP contribution is 2.35. The lowest BCUT2D eigenvalue weighted by Crippen LogP contribution is -2.13. The first kappa shape index (κ1) is 16.1. The van der Waals surface area contributed by atoms with E-state index in [0.29, 0.717) is 0 Å². The Hall–Kier alpha value is -3.32. The Morgan fingerprint density at radius 3 is 2.26 bits per heavy atom. The summed E-state index contributed by atoms with van der Waals surface area (Å²) in [4.78, 5) is 11.5. The number of hydrogen-bond acceptors (Lipinski definition) is 3. The Bertz CT molecular complexity index is 874. The average Bonchev–Trinajstić information content (AvgIpc) is 2.52. The summed E-state index contributed by atoms with van der Waals surface area (Å²) in [6.07, 6.45) is -4.71. The minimum atomic E-state index is -4.71. The standard InChI is InChI=1S/C16H8F3N3O/c17-16(18,19)14-6-10(2-3-11(14)8-21)12-4-1-9(7-20)5-13(12)15(22)23/h1-6H,(H2,22,23). The maximum atomic E-state index is 13.0. The summed E-state index contributed by atoms with van der Waals surface area (Å²) in [6.45, 7) is 0. The summed E-state index contributed by atoms with van der Waals surface area (Å²) in [7, 11) is 0. The minimum Gasteiger partial charge on any atom is -0.366 e. The van der Waals surface area contributed by atoms with Crippen LogP contribution in [0.4, 0.5) is 13.2 Å². The third kappa shape index (κ3) is 3.14. The Balaban J connectivity index is 2.72. The van der Waals surface area contributed by atoms with Gasteiger partial charge in [0.05, 0.1) is 28.8 Å². The molecule has 0 bridgehead atoms. The van der Waals surface area contributed by atoms with Crippen molar-refractivity contribution in [3.63, 3.8) is 0 Å². The van der Waals surface area contributed by atoms with Gasteiger partial charge in [0.1, 0.15) is 0 Å². The summed E-state index contributed by atoms with van der Waals surface area (Å²) in [6, 6.07) is 10.3. The van der Waals surface area contributed by atoms with E-state index in [-0.39, 0.29) is 22.3 Å². The molecule has 0 fully saturated rings. The maximum absolute atomic E-state index is 13.0. The molecule has 0 atom stereocenters. The summed E-state index contributed by atoms with van der Waals surface area (Å²) >= 11 is 0. The maximum Gasteiger partial charge on any atom is 0.417 e. The van der Waals surface area contributed by atoms with Gasteiger partial charge in [-0.05, 0) is 35.4 Å².